The first-order valence-corrected chi connectivity index (χ1v) is 8.94. The monoisotopic (exact) mass is 368 g/mol. The number of hydrogen-bond acceptors (Lipinski definition) is 5. The fourth-order valence-corrected chi connectivity index (χ4v) is 2.79. The van der Waals surface area contributed by atoms with Crippen LogP contribution in [0, 0.1) is 0 Å². The third-order valence-electron chi connectivity index (χ3n) is 4.14. The van der Waals surface area contributed by atoms with Gasteiger partial charge in [0.15, 0.2) is 5.82 Å². The normalized spacial score (nSPS) is 13.2. The maximum absolute atomic E-state index is 9.95. The number of pyridine rings is 1. The molecule has 0 unspecified atom stereocenters. The molecule has 2 atom stereocenters. The summed E-state index contributed by atoms with van der Waals surface area (Å²) in [6, 6.07) is 13.1. The standard InChI is InChI=1S/C20H21ClN4O/c1-3-17(13(2)26)23-19-11-18(14-6-8-16(21)9-7-14)24-20(25-19)15-5-4-10-22-12-15/h4-13,17,26H,3H2,1-2H3,(H,23,24,25)/t13-,17-/m1/s1. The summed E-state index contributed by atoms with van der Waals surface area (Å²) in [5.74, 6) is 1.24. The van der Waals surface area contributed by atoms with Crippen LogP contribution in [0.1, 0.15) is 20.3 Å². The van der Waals surface area contributed by atoms with Crippen molar-refractivity contribution in [1.82, 2.24) is 15.0 Å². The highest BCUT2D eigenvalue weighted by atomic mass is 35.5. The lowest BCUT2D eigenvalue weighted by atomic mass is 10.1. The van der Waals surface area contributed by atoms with Crippen LogP contribution in [0.5, 0.6) is 0 Å². The Morgan fingerprint density at radius 2 is 1.88 bits per heavy atom. The Morgan fingerprint density at radius 1 is 1.12 bits per heavy atom. The Hall–Kier alpha value is -2.50. The Kier molecular flexibility index (Phi) is 5.81. The topological polar surface area (TPSA) is 70.9 Å². The van der Waals surface area contributed by atoms with Gasteiger partial charge in [-0.1, -0.05) is 30.7 Å². The predicted octanol–water partition coefficient (Wildman–Crippen LogP) is 4.43. The van der Waals surface area contributed by atoms with Gasteiger partial charge >= 0.3 is 0 Å². The van der Waals surface area contributed by atoms with Crippen molar-refractivity contribution in [2.75, 3.05) is 5.32 Å². The van der Waals surface area contributed by atoms with Crippen LogP contribution in [-0.4, -0.2) is 32.2 Å². The van der Waals surface area contributed by atoms with Crippen molar-refractivity contribution >= 4 is 17.4 Å². The number of aromatic nitrogens is 3. The third kappa shape index (κ3) is 4.36. The first-order chi connectivity index (χ1) is 12.6. The van der Waals surface area contributed by atoms with Gasteiger partial charge < -0.3 is 10.4 Å². The molecule has 3 rings (SSSR count). The maximum Gasteiger partial charge on any atom is 0.163 e. The van der Waals surface area contributed by atoms with Gasteiger partial charge in [-0.3, -0.25) is 4.98 Å². The smallest absolute Gasteiger partial charge is 0.163 e. The van der Waals surface area contributed by atoms with Gasteiger partial charge in [0.05, 0.1) is 17.8 Å². The van der Waals surface area contributed by atoms with E-state index in [9.17, 15) is 5.11 Å². The highest BCUT2D eigenvalue weighted by Crippen LogP contribution is 2.26. The van der Waals surface area contributed by atoms with Gasteiger partial charge in [0, 0.05) is 34.6 Å². The molecule has 0 bridgehead atoms. The molecule has 0 fully saturated rings. The van der Waals surface area contributed by atoms with Crippen LogP contribution in [-0.2, 0) is 0 Å². The van der Waals surface area contributed by atoms with Crippen molar-refractivity contribution in [3.63, 3.8) is 0 Å². The Labute approximate surface area is 158 Å². The zero-order valence-electron chi connectivity index (χ0n) is 14.7. The summed E-state index contributed by atoms with van der Waals surface area (Å²) < 4.78 is 0. The summed E-state index contributed by atoms with van der Waals surface area (Å²) >= 11 is 6.00. The molecule has 1 aromatic carbocycles. The van der Waals surface area contributed by atoms with Gasteiger partial charge in [-0.2, -0.15) is 0 Å². The van der Waals surface area contributed by atoms with E-state index < -0.39 is 6.10 Å². The van der Waals surface area contributed by atoms with Crippen LogP contribution < -0.4 is 5.32 Å². The predicted molar refractivity (Wildman–Crippen MR) is 105 cm³/mol. The summed E-state index contributed by atoms with van der Waals surface area (Å²) in [5, 5.41) is 13.9. The van der Waals surface area contributed by atoms with Crippen molar-refractivity contribution in [2.45, 2.75) is 32.4 Å². The highest BCUT2D eigenvalue weighted by Gasteiger charge is 2.15. The molecule has 0 aliphatic heterocycles. The zero-order chi connectivity index (χ0) is 18.5. The van der Waals surface area contributed by atoms with Gasteiger partial charge in [-0.05, 0) is 37.6 Å². The van der Waals surface area contributed by atoms with Crippen LogP contribution in [0.25, 0.3) is 22.6 Å². The Balaban J connectivity index is 2.06. The van der Waals surface area contributed by atoms with Crippen molar-refractivity contribution in [3.05, 3.63) is 59.9 Å². The second kappa shape index (κ2) is 8.25. The molecule has 2 heterocycles. The van der Waals surface area contributed by atoms with Crippen LogP contribution in [0.4, 0.5) is 5.82 Å². The van der Waals surface area contributed by atoms with Gasteiger partial charge in [-0.15, -0.1) is 0 Å². The number of aliphatic hydroxyl groups is 1. The molecule has 2 N–H and O–H groups in total. The first-order valence-electron chi connectivity index (χ1n) is 8.57. The molecular weight excluding hydrogens is 348 g/mol. The second-order valence-corrected chi connectivity index (χ2v) is 6.55. The minimum Gasteiger partial charge on any atom is -0.391 e. The average Bonchev–Trinajstić information content (AvgIpc) is 2.67. The number of nitrogens with zero attached hydrogens (tertiary/aromatic N) is 3. The molecule has 0 radical (unpaired) electrons. The maximum atomic E-state index is 9.95. The number of hydrogen-bond donors (Lipinski definition) is 2. The average molecular weight is 369 g/mol. The van der Waals surface area contributed by atoms with Gasteiger partial charge in [0.25, 0.3) is 0 Å². The largest absolute Gasteiger partial charge is 0.391 e. The molecule has 0 saturated carbocycles. The van der Waals surface area contributed by atoms with Crippen LogP contribution in [0.2, 0.25) is 5.02 Å². The van der Waals surface area contributed by atoms with E-state index in [-0.39, 0.29) is 6.04 Å². The van der Waals surface area contributed by atoms with E-state index in [0.29, 0.717) is 16.7 Å². The lowest BCUT2D eigenvalue weighted by Gasteiger charge is -2.21. The Bertz CT molecular complexity index is 853. The van der Waals surface area contributed by atoms with Crippen LogP contribution >= 0.6 is 11.6 Å². The second-order valence-electron chi connectivity index (χ2n) is 6.11. The van der Waals surface area contributed by atoms with E-state index in [0.717, 1.165) is 23.2 Å². The Morgan fingerprint density at radius 3 is 2.50 bits per heavy atom. The lowest BCUT2D eigenvalue weighted by molar-refractivity contribution is 0.169. The molecule has 134 valence electrons. The molecule has 0 spiro atoms. The van der Waals surface area contributed by atoms with E-state index in [1.807, 2.05) is 49.4 Å². The van der Waals surface area contributed by atoms with Crippen molar-refractivity contribution in [1.29, 1.82) is 0 Å². The number of benzene rings is 1. The van der Waals surface area contributed by atoms with E-state index >= 15 is 0 Å². The molecule has 5 nitrogen and oxygen atoms in total. The number of nitrogens with one attached hydrogen (secondary N) is 1. The lowest BCUT2D eigenvalue weighted by Crippen LogP contribution is -2.31. The third-order valence-corrected chi connectivity index (χ3v) is 4.39. The fourth-order valence-electron chi connectivity index (χ4n) is 2.67. The molecular formula is C20H21ClN4O. The summed E-state index contributed by atoms with van der Waals surface area (Å²) in [6.45, 7) is 3.79. The number of rotatable bonds is 6. The quantitative estimate of drug-likeness (QED) is 0.673. The van der Waals surface area contributed by atoms with Crippen molar-refractivity contribution < 1.29 is 5.11 Å². The number of aliphatic hydroxyl groups excluding tert-OH is 1. The summed E-state index contributed by atoms with van der Waals surface area (Å²) in [6.07, 6.45) is 3.74. The van der Waals surface area contributed by atoms with Gasteiger partial charge in [0.2, 0.25) is 0 Å². The van der Waals surface area contributed by atoms with Gasteiger partial charge in [-0.25, -0.2) is 9.97 Å². The van der Waals surface area contributed by atoms with E-state index in [1.54, 1.807) is 19.3 Å². The SMILES string of the molecule is CC[C@@H](Nc1cc(-c2ccc(Cl)cc2)nc(-c2cccnc2)n1)[C@@H](C)O. The number of anilines is 1. The molecule has 0 amide bonds. The molecule has 26 heavy (non-hydrogen) atoms. The van der Waals surface area contributed by atoms with E-state index in [4.69, 9.17) is 11.6 Å². The summed E-state index contributed by atoms with van der Waals surface area (Å²) in [7, 11) is 0. The van der Waals surface area contributed by atoms with Gasteiger partial charge in [0.1, 0.15) is 5.82 Å². The van der Waals surface area contributed by atoms with Crippen molar-refractivity contribution in [2.24, 2.45) is 0 Å². The highest BCUT2D eigenvalue weighted by molar-refractivity contribution is 6.30. The molecule has 2 aromatic heterocycles. The number of halogens is 1. The fraction of sp³-hybridized carbons (Fsp3) is 0.250. The first kappa shape index (κ1) is 18.3. The minimum absolute atomic E-state index is 0.0929. The molecule has 6 heteroatoms. The summed E-state index contributed by atoms with van der Waals surface area (Å²) in [5.41, 5.74) is 2.55. The molecule has 3 aromatic rings. The van der Waals surface area contributed by atoms with E-state index in [2.05, 4.69) is 20.3 Å². The molecule has 0 aliphatic carbocycles. The van der Waals surface area contributed by atoms with Crippen molar-refractivity contribution in [3.8, 4) is 22.6 Å². The van der Waals surface area contributed by atoms with Crippen LogP contribution in [0.3, 0.4) is 0 Å². The minimum atomic E-state index is -0.490. The summed E-state index contributed by atoms with van der Waals surface area (Å²) in [4.78, 5) is 13.5. The van der Waals surface area contributed by atoms with Crippen LogP contribution in [0.15, 0.2) is 54.9 Å². The molecule has 0 aliphatic rings. The zero-order valence-corrected chi connectivity index (χ0v) is 15.5. The molecule has 0 saturated heterocycles. The van der Waals surface area contributed by atoms with E-state index in [1.165, 1.54) is 0 Å².